The summed E-state index contributed by atoms with van der Waals surface area (Å²) in [6.45, 7) is 2.10. The predicted octanol–water partition coefficient (Wildman–Crippen LogP) is 4.69. The fourth-order valence-electron chi connectivity index (χ4n) is 2.65. The standard InChI is InChI=1S/C19H13BrCl2N2O4S/c1-2-28-14-8-9(7-11(20)16(14)25)6-10-17(26)23-19(29)24(18(10)27)13-5-3-4-12(21)15(13)22/h3-8,25H,2H2,1H3,(H,23,26,29)/b10-6+. The number of carbonyl (C=O) groups is 2. The van der Waals surface area contributed by atoms with Crippen molar-refractivity contribution in [1.29, 1.82) is 0 Å². The highest BCUT2D eigenvalue weighted by Crippen LogP contribution is 2.37. The van der Waals surface area contributed by atoms with Gasteiger partial charge in [-0.1, -0.05) is 29.3 Å². The fourth-order valence-corrected chi connectivity index (χ4v) is 3.76. The summed E-state index contributed by atoms with van der Waals surface area (Å²) in [4.78, 5) is 26.6. The summed E-state index contributed by atoms with van der Waals surface area (Å²) in [5.41, 5.74) is 0.540. The molecule has 2 N–H and O–H groups in total. The maximum Gasteiger partial charge on any atom is 0.270 e. The largest absolute Gasteiger partial charge is 0.503 e. The lowest BCUT2D eigenvalue weighted by molar-refractivity contribution is -0.122. The number of nitrogens with one attached hydrogen (secondary N) is 1. The van der Waals surface area contributed by atoms with E-state index in [9.17, 15) is 14.7 Å². The number of nitrogens with zero attached hydrogens (tertiary/aromatic N) is 1. The lowest BCUT2D eigenvalue weighted by Crippen LogP contribution is -2.54. The van der Waals surface area contributed by atoms with E-state index >= 15 is 0 Å². The quantitative estimate of drug-likeness (QED) is 0.351. The highest BCUT2D eigenvalue weighted by molar-refractivity contribution is 9.10. The van der Waals surface area contributed by atoms with Gasteiger partial charge >= 0.3 is 0 Å². The second-order valence-electron chi connectivity index (χ2n) is 5.81. The van der Waals surface area contributed by atoms with Crippen LogP contribution in [0.25, 0.3) is 6.08 Å². The molecular formula is C19H13BrCl2N2O4S. The van der Waals surface area contributed by atoms with Crippen molar-refractivity contribution in [3.8, 4) is 11.5 Å². The third-order valence-electron chi connectivity index (χ3n) is 3.94. The number of anilines is 1. The van der Waals surface area contributed by atoms with Crippen LogP contribution in [0.4, 0.5) is 5.69 Å². The van der Waals surface area contributed by atoms with Gasteiger partial charge in [0.25, 0.3) is 11.8 Å². The maximum absolute atomic E-state index is 13.1. The summed E-state index contributed by atoms with van der Waals surface area (Å²) < 4.78 is 5.73. The molecule has 2 aromatic rings. The number of aromatic hydroxyl groups is 1. The first kappa shape index (κ1) is 21.6. The molecule has 0 bridgehead atoms. The molecule has 6 nitrogen and oxygen atoms in total. The van der Waals surface area contributed by atoms with Gasteiger partial charge in [0.15, 0.2) is 16.6 Å². The molecule has 29 heavy (non-hydrogen) atoms. The number of amides is 2. The second kappa shape index (κ2) is 8.71. The van der Waals surface area contributed by atoms with Crippen LogP contribution in [0.15, 0.2) is 40.4 Å². The van der Waals surface area contributed by atoms with E-state index in [0.29, 0.717) is 16.6 Å². The van der Waals surface area contributed by atoms with Gasteiger partial charge in [0.2, 0.25) is 0 Å². The number of thiocarbonyl (C=S) groups is 1. The van der Waals surface area contributed by atoms with E-state index in [1.165, 1.54) is 12.1 Å². The molecular weight excluding hydrogens is 503 g/mol. The van der Waals surface area contributed by atoms with Crippen LogP contribution in [-0.2, 0) is 9.59 Å². The van der Waals surface area contributed by atoms with Crippen molar-refractivity contribution in [3.05, 3.63) is 56.0 Å². The van der Waals surface area contributed by atoms with Gasteiger partial charge in [-0.2, -0.15) is 0 Å². The minimum Gasteiger partial charge on any atom is -0.503 e. The van der Waals surface area contributed by atoms with Crippen molar-refractivity contribution < 1.29 is 19.4 Å². The molecule has 1 heterocycles. The number of halogens is 3. The van der Waals surface area contributed by atoms with Gasteiger partial charge in [-0.25, -0.2) is 0 Å². The van der Waals surface area contributed by atoms with Crippen LogP contribution in [0.3, 0.4) is 0 Å². The summed E-state index contributed by atoms with van der Waals surface area (Å²) in [7, 11) is 0. The summed E-state index contributed by atoms with van der Waals surface area (Å²) in [6.07, 6.45) is 1.37. The number of benzene rings is 2. The van der Waals surface area contributed by atoms with E-state index in [4.69, 9.17) is 40.2 Å². The Kier molecular flexibility index (Phi) is 6.48. The average Bonchev–Trinajstić information content (AvgIpc) is 2.66. The highest BCUT2D eigenvalue weighted by Gasteiger charge is 2.35. The number of rotatable bonds is 4. The van der Waals surface area contributed by atoms with E-state index in [0.717, 1.165) is 4.90 Å². The minimum absolute atomic E-state index is 0.0815. The Morgan fingerprint density at radius 1 is 1.31 bits per heavy atom. The average molecular weight is 516 g/mol. The maximum atomic E-state index is 13.1. The molecule has 3 rings (SSSR count). The van der Waals surface area contributed by atoms with E-state index in [2.05, 4.69) is 21.2 Å². The number of phenols is 1. The molecule has 2 amide bonds. The highest BCUT2D eigenvalue weighted by atomic mass is 79.9. The third-order valence-corrected chi connectivity index (χ3v) is 5.63. The van der Waals surface area contributed by atoms with E-state index < -0.39 is 11.8 Å². The molecule has 1 fully saturated rings. The number of carbonyl (C=O) groups excluding carboxylic acids is 2. The first-order valence-corrected chi connectivity index (χ1v) is 10.2. The Hall–Kier alpha value is -2.13. The van der Waals surface area contributed by atoms with E-state index in [1.54, 1.807) is 31.2 Å². The van der Waals surface area contributed by atoms with Gasteiger partial charge in [-0.05, 0) is 71.0 Å². The fraction of sp³-hybridized carbons (Fsp3) is 0.105. The molecule has 2 aromatic carbocycles. The van der Waals surface area contributed by atoms with Gasteiger partial charge in [0.05, 0.1) is 26.8 Å². The first-order valence-electron chi connectivity index (χ1n) is 8.25. The van der Waals surface area contributed by atoms with E-state index in [1.807, 2.05) is 0 Å². The van der Waals surface area contributed by atoms with Crippen LogP contribution >= 0.6 is 51.3 Å². The number of ether oxygens (including phenoxy) is 1. The van der Waals surface area contributed by atoms with Crippen molar-refractivity contribution in [2.24, 2.45) is 0 Å². The monoisotopic (exact) mass is 514 g/mol. The minimum atomic E-state index is -0.662. The van der Waals surface area contributed by atoms with Crippen LogP contribution in [0.2, 0.25) is 10.0 Å². The number of phenolic OH excluding ortho intramolecular Hbond substituents is 1. The van der Waals surface area contributed by atoms with Gasteiger partial charge in [-0.15, -0.1) is 0 Å². The summed E-state index contributed by atoms with van der Waals surface area (Å²) in [5, 5.41) is 12.8. The predicted molar refractivity (Wildman–Crippen MR) is 120 cm³/mol. The SMILES string of the molecule is CCOc1cc(/C=C2\C(=O)NC(=S)N(c3cccc(Cl)c3Cl)C2=O)cc(Br)c1O. The normalized spacial score (nSPS) is 15.7. The van der Waals surface area contributed by atoms with Crippen LogP contribution < -0.4 is 15.0 Å². The van der Waals surface area contributed by atoms with Gasteiger partial charge < -0.3 is 9.84 Å². The molecule has 0 atom stereocenters. The molecule has 1 aliphatic heterocycles. The smallest absolute Gasteiger partial charge is 0.270 e. The van der Waals surface area contributed by atoms with Crippen molar-refractivity contribution in [2.75, 3.05) is 11.5 Å². The van der Waals surface area contributed by atoms with Crippen LogP contribution in [0, 0.1) is 0 Å². The van der Waals surface area contributed by atoms with Gasteiger partial charge in [-0.3, -0.25) is 19.8 Å². The van der Waals surface area contributed by atoms with Crippen molar-refractivity contribution in [1.82, 2.24) is 5.32 Å². The van der Waals surface area contributed by atoms with Crippen LogP contribution in [-0.4, -0.2) is 28.6 Å². The molecule has 0 unspecified atom stereocenters. The van der Waals surface area contributed by atoms with Crippen LogP contribution in [0.5, 0.6) is 11.5 Å². The Bertz CT molecular complexity index is 1070. The molecule has 150 valence electrons. The zero-order chi connectivity index (χ0) is 21.3. The number of hydrogen-bond acceptors (Lipinski definition) is 5. The molecule has 0 radical (unpaired) electrons. The lowest BCUT2D eigenvalue weighted by atomic mass is 10.1. The Morgan fingerprint density at radius 3 is 2.72 bits per heavy atom. The zero-order valence-corrected chi connectivity index (χ0v) is 18.7. The Morgan fingerprint density at radius 2 is 2.03 bits per heavy atom. The molecule has 10 heteroatoms. The third kappa shape index (κ3) is 4.25. The first-order chi connectivity index (χ1) is 13.7. The van der Waals surface area contributed by atoms with Crippen molar-refractivity contribution in [3.63, 3.8) is 0 Å². The molecule has 1 saturated heterocycles. The molecule has 0 saturated carbocycles. The van der Waals surface area contributed by atoms with E-state index in [-0.39, 0.29) is 37.9 Å². The number of hydrogen-bond donors (Lipinski definition) is 2. The van der Waals surface area contributed by atoms with Crippen LogP contribution in [0.1, 0.15) is 12.5 Å². The second-order valence-corrected chi connectivity index (χ2v) is 7.84. The summed E-state index contributed by atoms with van der Waals surface area (Å²) in [6, 6.07) is 7.82. The van der Waals surface area contributed by atoms with Gasteiger partial charge in [0, 0.05) is 0 Å². The molecule has 0 aromatic heterocycles. The Labute approximate surface area is 190 Å². The molecule has 1 aliphatic rings. The Balaban J connectivity index is 2.08. The van der Waals surface area contributed by atoms with Crippen molar-refractivity contribution in [2.45, 2.75) is 6.92 Å². The van der Waals surface area contributed by atoms with Crippen molar-refractivity contribution >= 4 is 80.0 Å². The topological polar surface area (TPSA) is 78.9 Å². The lowest BCUT2D eigenvalue weighted by Gasteiger charge is -2.29. The molecule has 0 spiro atoms. The summed E-state index contributed by atoms with van der Waals surface area (Å²) in [5.74, 6) is -1.19. The summed E-state index contributed by atoms with van der Waals surface area (Å²) >= 11 is 20.7. The van der Waals surface area contributed by atoms with Gasteiger partial charge in [0.1, 0.15) is 5.57 Å². The zero-order valence-electron chi connectivity index (χ0n) is 14.8. The molecule has 0 aliphatic carbocycles.